The van der Waals surface area contributed by atoms with Gasteiger partial charge < -0.3 is 14.7 Å². The first-order valence-corrected chi connectivity index (χ1v) is 13.0. The smallest absolute Gasteiger partial charge is 0.273 e. The van der Waals surface area contributed by atoms with E-state index in [1.54, 1.807) is 17.0 Å². The molecule has 38 heavy (non-hydrogen) atoms. The second kappa shape index (κ2) is 10.7. The molecule has 0 fully saturated rings. The number of phenolic OH excluding ortho intramolecular Hbond substituents is 1. The van der Waals surface area contributed by atoms with Crippen molar-refractivity contribution >= 4 is 5.91 Å². The maximum Gasteiger partial charge on any atom is 0.273 e. The monoisotopic (exact) mass is 513 g/mol. The second-order valence-corrected chi connectivity index (χ2v) is 9.93. The number of ether oxygens (including phenoxy) is 1. The molecule has 1 unspecified atom stereocenters. The lowest BCUT2D eigenvalue weighted by molar-refractivity contribution is 0.0729. The molecule has 0 aliphatic carbocycles. The predicted octanol–water partition coefficient (Wildman–Crippen LogP) is 6.85. The maximum atomic E-state index is 13.7. The number of carbonyl (C=O) groups is 1. The summed E-state index contributed by atoms with van der Waals surface area (Å²) in [5, 5.41) is 18.4. The summed E-state index contributed by atoms with van der Waals surface area (Å²) in [6.07, 6.45) is 3.19. The van der Waals surface area contributed by atoms with Crippen molar-refractivity contribution in [1.29, 1.82) is 0 Å². The number of benzene rings is 3. The Morgan fingerprint density at radius 3 is 2.63 bits per heavy atom. The Kier molecular flexibility index (Phi) is 7.18. The van der Waals surface area contributed by atoms with Crippen LogP contribution in [0.4, 0.5) is 4.39 Å². The van der Waals surface area contributed by atoms with Gasteiger partial charge in [0, 0.05) is 17.7 Å². The molecule has 4 aromatic rings. The van der Waals surface area contributed by atoms with Crippen molar-refractivity contribution in [3.05, 3.63) is 100.0 Å². The lowest BCUT2D eigenvalue weighted by Gasteiger charge is -2.27. The van der Waals surface area contributed by atoms with Crippen LogP contribution in [-0.4, -0.2) is 32.7 Å². The van der Waals surface area contributed by atoms with Crippen LogP contribution in [0.3, 0.4) is 0 Å². The van der Waals surface area contributed by atoms with E-state index in [1.165, 1.54) is 12.1 Å². The fourth-order valence-corrected chi connectivity index (χ4v) is 5.16. The van der Waals surface area contributed by atoms with Crippen LogP contribution in [0.15, 0.2) is 60.7 Å². The Morgan fingerprint density at radius 2 is 1.87 bits per heavy atom. The summed E-state index contributed by atoms with van der Waals surface area (Å²) in [6, 6.07) is 17.3. The van der Waals surface area contributed by atoms with Crippen LogP contribution < -0.4 is 4.74 Å². The number of aromatic amines is 1. The zero-order valence-electron chi connectivity index (χ0n) is 21.9. The summed E-state index contributed by atoms with van der Waals surface area (Å²) >= 11 is 0. The number of unbranched alkanes of at least 4 members (excludes halogenated alkanes) is 2. The first kappa shape index (κ1) is 25.5. The highest BCUT2D eigenvalue weighted by Gasteiger charge is 2.42. The molecule has 0 radical (unpaired) electrons. The van der Waals surface area contributed by atoms with Crippen molar-refractivity contribution in [2.24, 2.45) is 0 Å². The van der Waals surface area contributed by atoms with Gasteiger partial charge >= 0.3 is 0 Å². The van der Waals surface area contributed by atoms with E-state index < -0.39 is 6.04 Å². The van der Waals surface area contributed by atoms with Crippen LogP contribution in [0.2, 0.25) is 0 Å². The molecule has 3 aromatic carbocycles. The van der Waals surface area contributed by atoms with Crippen LogP contribution in [-0.2, 0) is 6.54 Å². The number of aryl methyl sites for hydroxylation is 2. The maximum absolute atomic E-state index is 13.7. The summed E-state index contributed by atoms with van der Waals surface area (Å²) in [7, 11) is 0. The van der Waals surface area contributed by atoms with E-state index in [2.05, 4.69) is 17.1 Å². The van der Waals surface area contributed by atoms with Crippen LogP contribution in [0.25, 0.3) is 11.3 Å². The third-order valence-corrected chi connectivity index (χ3v) is 7.02. The van der Waals surface area contributed by atoms with Crippen LogP contribution in [0.5, 0.6) is 11.5 Å². The Hall–Kier alpha value is -4.13. The quantitative estimate of drug-likeness (QED) is 0.240. The number of amides is 1. The first-order valence-electron chi connectivity index (χ1n) is 13.0. The Morgan fingerprint density at radius 1 is 1.08 bits per heavy atom. The molecule has 196 valence electrons. The number of H-pyrrole nitrogens is 1. The van der Waals surface area contributed by atoms with Gasteiger partial charge in [-0.15, -0.1) is 0 Å². The second-order valence-electron chi connectivity index (χ2n) is 9.93. The number of halogens is 1. The van der Waals surface area contributed by atoms with E-state index in [0.29, 0.717) is 29.1 Å². The zero-order chi connectivity index (χ0) is 26.8. The molecule has 5 rings (SSSR count). The number of rotatable bonds is 9. The third kappa shape index (κ3) is 4.88. The molecule has 0 saturated heterocycles. The highest BCUT2D eigenvalue weighted by Crippen LogP contribution is 2.46. The van der Waals surface area contributed by atoms with E-state index in [4.69, 9.17) is 4.74 Å². The summed E-state index contributed by atoms with van der Waals surface area (Å²) in [5.74, 6) is 0.348. The van der Waals surface area contributed by atoms with Crippen molar-refractivity contribution in [2.45, 2.75) is 52.6 Å². The van der Waals surface area contributed by atoms with E-state index in [1.807, 2.05) is 50.2 Å². The molecule has 1 aromatic heterocycles. The standard InChI is InChI=1S/C31H32FN3O3/c1-4-5-6-14-38-24-9-7-8-22(17-24)29-26-27(25-16-19(2)15-20(3)30(25)36)33-34-28(26)31(37)35(29)18-21-10-12-23(32)13-11-21/h7-13,15-17,29,36H,4-6,14,18H2,1-3H3,(H,33,34). The molecular weight excluding hydrogens is 481 g/mol. The fraction of sp³-hybridized carbons (Fsp3) is 0.290. The Bertz CT molecular complexity index is 1460. The average molecular weight is 514 g/mol. The van der Waals surface area contributed by atoms with Gasteiger partial charge in [0.1, 0.15) is 28.7 Å². The van der Waals surface area contributed by atoms with Gasteiger partial charge in [0.05, 0.1) is 12.6 Å². The van der Waals surface area contributed by atoms with Crippen LogP contribution in [0, 0.1) is 19.7 Å². The number of carbonyl (C=O) groups excluding carboxylic acids is 1. The summed E-state index contributed by atoms with van der Waals surface area (Å²) in [5.41, 5.74) is 5.62. The normalized spacial score (nSPS) is 14.7. The van der Waals surface area contributed by atoms with Gasteiger partial charge in [0.2, 0.25) is 0 Å². The minimum Gasteiger partial charge on any atom is -0.507 e. The van der Waals surface area contributed by atoms with Gasteiger partial charge in [-0.1, -0.05) is 50.1 Å². The lowest BCUT2D eigenvalue weighted by Crippen LogP contribution is -2.29. The fourth-order valence-electron chi connectivity index (χ4n) is 5.16. The largest absolute Gasteiger partial charge is 0.507 e. The average Bonchev–Trinajstić information content (AvgIpc) is 3.44. The lowest BCUT2D eigenvalue weighted by atomic mass is 9.94. The van der Waals surface area contributed by atoms with Gasteiger partial charge in [0.25, 0.3) is 5.91 Å². The van der Waals surface area contributed by atoms with Crippen molar-refractivity contribution < 1.29 is 19.0 Å². The zero-order valence-corrected chi connectivity index (χ0v) is 21.9. The van der Waals surface area contributed by atoms with Crippen LogP contribution in [0.1, 0.15) is 70.5 Å². The molecule has 1 aliphatic rings. The highest BCUT2D eigenvalue weighted by atomic mass is 19.1. The number of aromatic hydroxyl groups is 1. The van der Waals surface area contributed by atoms with Crippen molar-refractivity contribution in [1.82, 2.24) is 15.1 Å². The van der Waals surface area contributed by atoms with Crippen molar-refractivity contribution in [3.63, 3.8) is 0 Å². The molecule has 7 heteroatoms. The molecule has 6 nitrogen and oxygen atoms in total. The third-order valence-electron chi connectivity index (χ3n) is 7.02. The number of phenols is 1. The number of hydrogen-bond donors (Lipinski definition) is 2. The van der Waals surface area contributed by atoms with Gasteiger partial charge in [0.15, 0.2) is 0 Å². The predicted molar refractivity (Wildman–Crippen MR) is 145 cm³/mol. The van der Waals surface area contributed by atoms with E-state index in [-0.39, 0.29) is 24.0 Å². The van der Waals surface area contributed by atoms with Crippen molar-refractivity contribution in [2.75, 3.05) is 6.61 Å². The number of nitrogens with zero attached hydrogens (tertiary/aromatic N) is 2. The number of nitrogens with one attached hydrogen (secondary N) is 1. The first-order chi connectivity index (χ1) is 18.4. The van der Waals surface area contributed by atoms with E-state index >= 15 is 0 Å². The summed E-state index contributed by atoms with van der Waals surface area (Å²) < 4.78 is 19.6. The summed E-state index contributed by atoms with van der Waals surface area (Å²) in [4.78, 5) is 15.5. The number of aromatic nitrogens is 2. The minimum atomic E-state index is -0.476. The molecule has 1 amide bonds. The molecule has 0 saturated carbocycles. The molecular formula is C31H32FN3O3. The van der Waals surface area contributed by atoms with Gasteiger partial charge in [-0.3, -0.25) is 9.89 Å². The molecule has 2 N–H and O–H groups in total. The number of fused-ring (bicyclic) bond motifs is 1. The van der Waals surface area contributed by atoms with Gasteiger partial charge in [-0.25, -0.2) is 4.39 Å². The molecule has 2 heterocycles. The highest BCUT2D eigenvalue weighted by molar-refractivity contribution is 6.00. The summed E-state index contributed by atoms with van der Waals surface area (Å²) in [6.45, 7) is 6.87. The van der Waals surface area contributed by atoms with E-state index in [0.717, 1.165) is 47.3 Å². The Labute approximate surface area is 222 Å². The van der Waals surface area contributed by atoms with Crippen molar-refractivity contribution in [3.8, 4) is 22.8 Å². The molecule has 0 spiro atoms. The van der Waals surface area contributed by atoms with E-state index in [9.17, 15) is 14.3 Å². The molecule has 1 aliphatic heterocycles. The minimum absolute atomic E-state index is 0.140. The van der Waals surface area contributed by atoms with Crippen LogP contribution >= 0.6 is 0 Å². The van der Waals surface area contributed by atoms with Gasteiger partial charge in [-0.05, 0) is 72.9 Å². The molecule has 1 atom stereocenters. The topological polar surface area (TPSA) is 78.5 Å². The van der Waals surface area contributed by atoms with Gasteiger partial charge in [-0.2, -0.15) is 5.10 Å². The SMILES string of the molecule is CCCCCOc1cccc(C2c3c(-c4cc(C)cc(C)c4O)n[nH]c3C(=O)N2Cc2ccc(F)cc2)c1. The number of hydrogen-bond acceptors (Lipinski definition) is 4. The Balaban J connectivity index is 1.60. The molecule has 0 bridgehead atoms.